The summed E-state index contributed by atoms with van der Waals surface area (Å²) in [5.74, 6) is 0. The van der Waals surface area contributed by atoms with Crippen LogP contribution in [-0.2, 0) is 33.1 Å². The van der Waals surface area contributed by atoms with E-state index in [0.717, 1.165) is 27.4 Å². The van der Waals surface area contributed by atoms with Crippen molar-refractivity contribution in [1.29, 1.82) is 0 Å². The average molecular weight is 653 g/mol. The summed E-state index contributed by atoms with van der Waals surface area (Å²) in [6.07, 6.45) is 8.91. The van der Waals surface area contributed by atoms with Gasteiger partial charge in [-0.25, -0.2) is 0 Å². The van der Waals surface area contributed by atoms with Gasteiger partial charge in [0.15, 0.2) is 0 Å². The van der Waals surface area contributed by atoms with Crippen LogP contribution in [0.2, 0.25) is 0 Å². The Balaban J connectivity index is 1.48. The molecule has 0 spiro atoms. The van der Waals surface area contributed by atoms with E-state index in [4.69, 9.17) is 22.3 Å². The second-order valence-electron chi connectivity index (χ2n) is 10.7. The first kappa shape index (κ1) is 33.7. The highest BCUT2D eigenvalue weighted by atomic mass is 31.2. The highest BCUT2D eigenvalue weighted by molar-refractivity contribution is 7.53. The third-order valence-corrected chi connectivity index (χ3v) is 12.7. The van der Waals surface area contributed by atoms with Gasteiger partial charge in [-0.2, -0.15) is 0 Å². The van der Waals surface area contributed by atoms with Gasteiger partial charge in [-0.1, -0.05) is 121 Å². The maximum absolute atomic E-state index is 13.0. The van der Waals surface area contributed by atoms with E-state index in [1.807, 2.05) is 50.2 Å². The van der Waals surface area contributed by atoms with E-state index >= 15 is 0 Å². The second-order valence-corrected chi connectivity index (χ2v) is 15.7. The third-order valence-electron chi connectivity index (χ3n) is 7.98. The SMILES string of the molecule is CCOP(=O)(Cc1ccc(/C=C/c2c3ccccc3c(/C=C/c3ccc([Si](OC)(OC)OC)cc3)c3ccccc23)cc1)OCC. The van der Waals surface area contributed by atoms with Crippen LogP contribution in [0, 0.1) is 0 Å². The number of benzene rings is 5. The van der Waals surface area contributed by atoms with Crippen LogP contribution < -0.4 is 5.19 Å². The van der Waals surface area contributed by atoms with Crippen molar-refractivity contribution in [1.82, 2.24) is 0 Å². The molecule has 0 heterocycles. The molecule has 5 rings (SSSR count). The summed E-state index contributed by atoms with van der Waals surface area (Å²) in [6.45, 7) is 4.35. The Bertz CT molecular complexity index is 1800. The molecule has 0 radical (unpaired) electrons. The molecule has 0 fully saturated rings. The lowest BCUT2D eigenvalue weighted by Crippen LogP contribution is -2.54. The molecular weight excluding hydrogens is 611 g/mol. The summed E-state index contributed by atoms with van der Waals surface area (Å²) in [4.78, 5) is 0. The van der Waals surface area contributed by atoms with Gasteiger partial charge in [-0.05, 0) is 63.2 Å². The van der Waals surface area contributed by atoms with Gasteiger partial charge in [0, 0.05) is 26.5 Å². The minimum Gasteiger partial charge on any atom is -0.373 e. The van der Waals surface area contributed by atoms with E-state index in [9.17, 15) is 4.57 Å². The molecule has 6 nitrogen and oxygen atoms in total. The first-order valence-corrected chi connectivity index (χ1v) is 18.9. The Labute approximate surface area is 273 Å². The Hall–Kier alpha value is -3.65. The lowest BCUT2D eigenvalue weighted by atomic mass is 9.91. The first-order chi connectivity index (χ1) is 22.4. The van der Waals surface area contributed by atoms with E-state index in [0.29, 0.717) is 13.2 Å². The minimum atomic E-state index is -3.16. The molecule has 0 aliphatic rings. The summed E-state index contributed by atoms with van der Waals surface area (Å²) in [6, 6.07) is 33.3. The summed E-state index contributed by atoms with van der Waals surface area (Å²) >= 11 is 0. The zero-order chi connectivity index (χ0) is 32.6. The fourth-order valence-electron chi connectivity index (χ4n) is 5.80. The van der Waals surface area contributed by atoms with Crippen LogP contribution in [0.15, 0.2) is 97.1 Å². The largest absolute Gasteiger partial charge is 0.536 e. The Morgan fingerprint density at radius 2 is 0.957 bits per heavy atom. The van der Waals surface area contributed by atoms with E-state index in [1.165, 1.54) is 27.1 Å². The van der Waals surface area contributed by atoms with Crippen LogP contribution in [0.5, 0.6) is 0 Å². The molecule has 0 aromatic heterocycles. The predicted octanol–water partition coefficient (Wildman–Crippen LogP) is 9.19. The fourth-order valence-corrected chi connectivity index (χ4v) is 9.28. The van der Waals surface area contributed by atoms with Crippen molar-refractivity contribution < 1.29 is 26.9 Å². The molecule has 0 saturated heterocycles. The first-order valence-electron chi connectivity index (χ1n) is 15.4. The summed E-state index contributed by atoms with van der Waals surface area (Å²) in [5, 5.41) is 5.62. The predicted molar refractivity (Wildman–Crippen MR) is 193 cm³/mol. The molecule has 238 valence electrons. The molecule has 0 atom stereocenters. The Morgan fingerprint density at radius 3 is 1.33 bits per heavy atom. The molecule has 0 bridgehead atoms. The third kappa shape index (κ3) is 7.32. The molecule has 8 heteroatoms. The van der Waals surface area contributed by atoms with Crippen molar-refractivity contribution in [3.63, 3.8) is 0 Å². The highest BCUT2D eigenvalue weighted by Crippen LogP contribution is 2.51. The quantitative estimate of drug-likeness (QED) is 0.0516. The number of hydrogen-bond acceptors (Lipinski definition) is 6. The molecule has 0 N–H and O–H groups in total. The maximum atomic E-state index is 13.0. The second kappa shape index (κ2) is 15.3. The van der Waals surface area contributed by atoms with Gasteiger partial charge in [0.25, 0.3) is 0 Å². The van der Waals surface area contributed by atoms with Crippen LogP contribution in [0.4, 0.5) is 0 Å². The van der Waals surface area contributed by atoms with Crippen molar-refractivity contribution in [2.75, 3.05) is 34.5 Å². The van der Waals surface area contributed by atoms with Crippen molar-refractivity contribution in [2.24, 2.45) is 0 Å². The van der Waals surface area contributed by atoms with Crippen molar-refractivity contribution in [3.8, 4) is 0 Å². The van der Waals surface area contributed by atoms with Crippen LogP contribution in [-0.4, -0.2) is 43.3 Å². The maximum Gasteiger partial charge on any atom is 0.536 e. The van der Waals surface area contributed by atoms with Gasteiger partial charge in [0.1, 0.15) is 0 Å². The zero-order valence-corrected chi connectivity index (χ0v) is 29.0. The van der Waals surface area contributed by atoms with Gasteiger partial charge in [0.05, 0.1) is 19.4 Å². The van der Waals surface area contributed by atoms with Crippen molar-refractivity contribution >= 4 is 67.4 Å². The highest BCUT2D eigenvalue weighted by Gasteiger charge is 2.40. The lowest BCUT2D eigenvalue weighted by Gasteiger charge is -2.24. The smallest absolute Gasteiger partial charge is 0.373 e. The van der Waals surface area contributed by atoms with Crippen molar-refractivity contribution in [2.45, 2.75) is 20.0 Å². The molecule has 0 unspecified atom stereocenters. The molecular formula is C38H41O6PSi. The number of fused-ring (bicyclic) bond motifs is 2. The molecule has 0 saturated carbocycles. The summed E-state index contributed by atoms with van der Waals surface area (Å²) < 4.78 is 40.9. The van der Waals surface area contributed by atoms with E-state index in [2.05, 4.69) is 85.0 Å². The fraction of sp³-hybridized carbons (Fsp3) is 0.211. The monoisotopic (exact) mass is 652 g/mol. The summed E-state index contributed by atoms with van der Waals surface area (Å²) in [7, 11) is -1.19. The van der Waals surface area contributed by atoms with Crippen LogP contribution in [0.1, 0.15) is 41.7 Å². The lowest BCUT2D eigenvalue weighted by molar-refractivity contribution is 0.140. The molecule has 5 aromatic rings. The van der Waals surface area contributed by atoms with Gasteiger partial charge in [0.2, 0.25) is 0 Å². The Morgan fingerprint density at radius 1 is 0.565 bits per heavy atom. The van der Waals surface area contributed by atoms with Crippen LogP contribution in [0.3, 0.4) is 0 Å². The normalized spacial score (nSPS) is 12.6. The molecule has 5 aromatic carbocycles. The Kier molecular flexibility index (Phi) is 11.2. The number of rotatable bonds is 14. The zero-order valence-electron chi connectivity index (χ0n) is 27.1. The molecule has 0 aliphatic heterocycles. The summed E-state index contributed by atoms with van der Waals surface area (Å²) in [5.41, 5.74) is 5.36. The van der Waals surface area contributed by atoms with Crippen molar-refractivity contribution in [3.05, 3.63) is 125 Å². The standard InChI is InChI=1S/C38H41O6PSi/c1-6-43-45(39,44-7-2)28-31-18-16-29(17-19-31)22-26-37-33-12-8-10-14-35(33)38(36-15-11-9-13-34(36)37)27-23-30-20-24-32(25-21-30)46(40-3,41-4)42-5/h8-27H,6-7,28H2,1-5H3/b26-22+,27-23+. The molecule has 0 aliphatic carbocycles. The van der Waals surface area contributed by atoms with E-state index < -0.39 is 16.4 Å². The van der Waals surface area contributed by atoms with Gasteiger partial charge < -0.3 is 22.3 Å². The molecule has 46 heavy (non-hydrogen) atoms. The van der Waals surface area contributed by atoms with Gasteiger partial charge >= 0.3 is 16.4 Å². The van der Waals surface area contributed by atoms with E-state index in [1.54, 1.807) is 21.3 Å². The topological polar surface area (TPSA) is 63.2 Å². The minimum absolute atomic E-state index is 0.253. The molecule has 0 amide bonds. The van der Waals surface area contributed by atoms with Crippen LogP contribution >= 0.6 is 7.60 Å². The number of hydrogen-bond donors (Lipinski definition) is 0. The van der Waals surface area contributed by atoms with Gasteiger partial charge in [-0.15, -0.1) is 0 Å². The average Bonchev–Trinajstić information content (AvgIpc) is 3.08. The van der Waals surface area contributed by atoms with Crippen LogP contribution in [0.25, 0.3) is 45.8 Å². The van der Waals surface area contributed by atoms with Gasteiger partial charge in [-0.3, -0.25) is 4.57 Å². The van der Waals surface area contributed by atoms with E-state index in [-0.39, 0.29) is 6.16 Å².